The number of nitrogens with zero attached hydrogens (tertiary/aromatic N) is 2. The minimum atomic E-state index is 0.194. The molecule has 0 saturated heterocycles. The van der Waals surface area contributed by atoms with Crippen molar-refractivity contribution in [3.8, 4) is 5.75 Å². The molecule has 0 spiro atoms. The van der Waals surface area contributed by atoms with E-state index in [1.54, 1.807) is 0 Å². The molecule has 1 aliphatic heterocycles. The highest BCUT2D eigenvalue weighted by atomic mass is 32.1. The van der Waals surface area contributed by atoms with Crippen molar-refractivity contribution in [2.24, 2.45) is 5.41 Å². The fraction of sp³-hybridized carbons (Fsp3) is 0.258. The molecule has 6 rings (SSSR count). The Morgan fingerprint density at radius 1 is 1.00 bits per heavy atom. The van der Waals surface area contributed by atoms with Gasteiger partial charge >= 0.3 is 0 Å². The van der Waals surface area contributed by atoms with Crippen LogP contribution in [0, 0.1) is 5.41 Å². The van der Waals surface area contributed by atoms with Crippen LogP contribution in [0.5, 0.6) is 5.75 Å². The van der Waals surface area contributed by atoms with E-state index in [4.69, 9.17) is 4.74 Å². The predicted molar refractivity (Wildman–Crippen MR) is 148 cm³/mol. The summed E-state index contributed by atoms with van der Waals surface area (Å²) in [6.45, 7) is 7.93. The Bertz CT molecular complexity index is 1550. The molecule has 0 N–H and O–H groups in total. The van der Waals surface area contributed by atoms with E-state index in [0.717, 1.165) is 36.7 Å². The van der Waals surface area contributed by atoms with Crippen LogP contribution in [0.15, 0.2) is 89.8 Å². The molecular formula is C31H31N2OS+. The van der Waals surface area contributed by atoms with E-state index in [1.165, 1.54) is 37.1 Å². The maximum atomic E-state index is 6.35. The van der Waals surface area contributed by atoms with Gasteiger partial charge in [-0.15, -0.1) is 0 Å². The van der Waals surface area contributed by atoms with Gasteiger partial charge in [-0.05, 0) is 65.3 Å². The van der Waals surface area contributed by atoms with Gasteiger partial charge in [-0.1, -0.05) is 67.7 Å². The number of ether oxygens (including phenoxy) is 1. The minimum absolute atomic E-state index is 0.194. The van der Waals surface area contributed by atoms with Crippen LogP contribution in [0.1, 0.15) is 38.6 Å². The summed E-state index contributed by atoms with van der Waals surface area (Å²) in [5.41, 5.74) is 5.33. The minimum Gasteiger partial charge on any atom is -0.439 e. The van der Waals surface area contributed by atoms with E-state index in [0.29, 0.717) is 0 Å². The first kappa shape index (κ1) is 22.1. The second-order valence-corrected chi connectivity index (χ2v) is 11.5. The molecule has 3 nitrogen and oxygen atoms in total. The molecule has 0 saturated carbocycles. The zero-order chi connectivity index (χ0) is 24.2. The molecule has 0 fully saturated rings. The summed E-state index contributed by atoms with van der Waals surface area (Å²) in [5.74, 6) is 1.82. The van der Waals surface area contributed by atoms with E-state index >= 15 is 0 Å². The van der Waals surface area contributed by atoms with Gasteiger partial charge in [0, 0.05) is 25.3 Å². The third-order valence-corrected chi connectivity index (χ3v) is 8.15. The van der Waals surface area contributed by atoms with Crippen molar-refractivity contribution in [2.45, 2.75) is 40.2 Å². The van der Waals surface area contributed by atoms with Gasteiger partial charge in [-0.2, -0.15) is 4.57 Å². The van der Waals surface area contributed by atoms with Gasteiger partial charge in [0.25, 0.3) is 5.01 Å². The lowest BCUT2D eigenvalue weighted by molar-refractivity contribution is -0.665. The summed E-state index contributed by atoms with van der Waals surface area (Å²) in [4.78, 5) is 2.17. The SMILES string of the molecule is CC[n+]1c(/C=C2C=C(/C=C3\Oc4cc5ccccc5cc4N3C)CC(C)(C)C/2)sc2ccccc21. The molecule has 4 aromatic rings. The van der Waals surface area contributed by atoms with Crippen LogP contribution in [0.25, 0.3) is 27.1 Å². The van der Waals surface area contributed by atoms with Crippen molar-refractivity contribution in [3.63, 3.8) is 0 Å². The summed E-state index contributed by atoms with van der Waals surface area (Å²) >= 11 is 1.88. The van der Waals surface area contributed by atoms with E-state index < -0.39 is 0 Å². The summed E-state index contributed by atoms with van der Waals surface area (Å²) < 4.78 is 10.1. The molecule has 1 aliphatic carbocycles. The van der Waals surface area contributed by atoms with Gasteiger partial charge in [0.1, 0.15) is 11.2 Å². The van der Waals surface area contributed by atoms with Gasteiger partial charge in [-0.25, -0.2) is 0 Å². The molecule has 176 valence electrons. The third-order valence-electron chi connectivity index (χ3n) is 7.04. The molecule has 0 unspecified atom stereocenters. The first-order chi connectivity index (χ1) is 16.9. The number of para-hydroxylation sites is 1. The van der Waals surface area contributed by atoms with E-state index in [2.05, 4.69) is 116 Å². The number of fused-ring (bicyclic) bond motifs is 3. The Balaban J connectivity index is 1.37. The van der Waals surface area contributed by atoms with Crippen LogP contribution >= 0.6 is 11.3 Å². The monoisotopic (exact) mass is 479 g/mol. The molecule has 3 aromatic carbocycles. The van der Waals surface area contributed by atoms with Gasteiger partial charge < -0.3 is 9.64 Å². The smallest absolute Gasteiger partial charge is 0.263 e. The first-order valence-electron chi connectivity index (χ1n) is 12.4. The van der Waals surface area contributed by atoms with Crippen molar-refractivity contribution < 1.29 is 9.30 Å². The molecule has 2 aliphatic rings. The summed E-state index contributed by atoms with van der Waals surface area (Å²) in [6, 6.07) is 21.5. The van der Waals surface area contributed by atoms with Crippen LogP contribution in [0.2, 0.25) is 0 Å². The maximum absolute atomic E-state index is 6.35. The molecule has 4 heteroatoms. The van der Waals surface area contributed by atoms with Crippen LogP contribution in [-0.4, -0.2) is 7.05 Å². The Kier molecular flexibility index (Phi) is 5.30. The lowest BCUT2D eigenvalue weighted by atomic mass is 9.75. The highest BCUT2D eigenvalue weighted by Gasteiger charge is 2.29. The summed E-state index contributed by atoms with van der Waals surface area (Å²) in [7, 11) is 2.10. The van der Waals surface area contributed by atoms with E-state index in [-0.39, 0.29) is 5.41 Å². The molecule has 35 heavy (non-hydrogen) atoms. The summed E-state index contributed by atoms with van der Waals surface area (Å²) in [5, 5.41) is 3.76. The predicted octanol–water partition coefficient (Wildman–Crippen LogP) is 7.86. The van der Waals surface area contributed by atoms with Crippen LogP contribution < -0.4 is 14.2 Å². The van der Waals surface area contributed by atoms with Crippen molar-refractivity contribution in [1.82, 2.24) is 0 Å². The molecule has 1 aromatic heterocycles. The number of aromatic nitrogens is 1. The molecule has 0 amide bonds. The standard InChI is InChI=1S/C31H31N2OS/c1-5-33-25-12-8-9-13-28(25)35-30(33)16-22-14-21(19-31(2,3)20-22)15-29-32(4)26-17-23-10-6-7-11-24(23)18-27(26)34-29/h6-18H,5,19-20H2,1-4H3/q+1. The summed E-state index contributed by atoms with van der Waals surface area (Å²) in [6.07, 6.45) is 9.11. The van der Waals surface area contributed by atoms with Crippen LogP contribution in [0.4, 0.5) is 5.69 Å². The Morgan fingerprint density at radius 3 is 2.54 bits per heavy atom. The lowest BCUT2D eigenvalue weighted by Gasteiger charge is -2.30. The molecule has 0 bridgehead atoms. The van der Waals surface area contributed by atoms with Crippen LogP contribution in [-0.2, 0) is 6.54 Å². The number of benzene rings is 3. The molecular weight excluding hydrogens is 448 g/mol. The number of thiazole rings is 1. The third kappa shape index (κ3) is 4.06. The number of hydrogen-bond donors (Lipinski definition) is 0. The fourth-order valence-electron chi connectivity index (χ4n) is 5.47. The van der Waals surface area contributed by atoms with Crippen molar-refractivity contribution >= 4 is 44.1 Å². The number of anilines is 1. The zero-order valence-electron chi connectivity index (χ0n) is 20.8. The highest BCUT2D eigenvalue weighted by Crippen LogP contribution is 2.43. The van der Waals surface area contributed by atoms with Gasteiger partial charge in [-0.3, -0.25) is 0 Å². The van der Waals surface area contributed by atoms with Crippen molar-refractivity contribution in [3.05, 3.63) is 94.9 Å². The Labute approximate surface area is 211 Å². The Morgan fingerprint density at radius 2 is 1.74 bits per heavy atom. The average Bonchev–Trinajstić information content (AvgIpc) is 3.32. The second kappa shape index (κ2) is 8.39. The Hall–Kier alpha value is -3.37. The molecule has 2 heterocycles. The molecule has 0 radical (unpaired) electrons. The first-order valence-corrected chi connectivity index (χ1v) is 13.2. The topological polar surface area (TPSA) is 16.4 Å². The second-order valence-electron chi connectivity index (χ2n) is 10.4. The quantitative estimate of drug-likeness (QED) is 0.278. The van der Waals surface area contributed by atoms with Crippen LogP contribution in [0.3, 0.4) is 0 Å². The van der Waals surface area contributed by atoms with E-state index in [9.17, 15) is 0 Å². The maximum Gasteiger partial charge on any atom is 0.263 e. The van der Waals surface area contributed by atoms with Crippen molar-refractivity contribution in [1.29, 1.82) is 0 Å². The lowest BCUT2D eigenvalue weighted by Crippen LogP contribution is -2.33. The number of allylic oxidation sites excluding steroid dienone is 4. The molecule has 0 atom stereocenters. The fourth-order valence-corrected chi connectivity index (χ4v) is 6.68. The van der Waals surface area contributed by atoms with Gasteiger partial charge in [0.15, 0.2) is 5.75 Å². The zero-order valence-corrected chi connectivity index (χ0v) is 21.7. The number of aryl methyl sites for hydroxylation is 1. The van der Waals surface area contributed by atoms with Crippen molar-refractivity contribution in [2.75, 3.05) is 11.9 Å². The normalized spacial score (nSPS) is 19.4. The van der Waals surface area contributed by atoms with Gasteiger partial charge in [0.05, 0.1) is 5.69 Å². The number of rotatable bonds is 3. The average molecular weight is 480 g/mol. The van der Waals surface area contributed by atoms with Gasteiger partial charge in [0.2, 0.25) is 11.4 Å². The van der Waals surface area contributed by atoms with E-state index in [1.807, 2.05) is 11.3 Å². The number of hydrogen-bond acceptors (Lipinski definition) is 3. The highest BCUT2D eigenvalue weighted by molar-refractivity contribution is 7.18. The largest absolute Gasteiger partial charge is 0.439 e.